The summed E-state index contributed by atoms with van der Waals surface area (Å²) in [5.41, 5.74) is 1.14. The van der Waals surface area contributed by atoms with Gasteiger partial charge in [-0.1, -0.05) is 24.6 Å². The van der Waals surface area contributed by atoms with Gasteiger partial charge in [-0.2, -0.15) is 0 Å². The van der Waals surface area contributed by atoms with E-state index in [0.717, 1.165) is 30.6 Å². The molecular formula is C16H21NO3S. The quantitative estimate of drug-likeness (QED) is 0.621. The van der Waals surface area contributed by atoms with Gasteiger partial charge in [-0.3, -0.25) is 9.59 Å². The van der Waals surface area contributed by atoms with Crippen molar-refractivity contribution in [3.63, 3.8) is 0 Å². The second-order valence-electron chi connectivity index (χ2n) is 5.08. The lowest BCUT2D eigenvalue weighted by Crippen LogP contribution is -2.30. The van der Waals surface area contributed by atoms with Crippen molar-refractivity contribution in [3.05, 3.63) is 29.8 Å². The fourth-order valence-electron chi connectivity index (χ4n) is 2.39. The highest BCUT2D eigenvalue weighted by Crippen LogP contribution is 2.39. The Kier molecular flexibility index (Phi) is 6.11. The molecule has 4 nitrogen and oxygen atoms in total. The number of nitrogens with one attached hydrogen (secondary N) is 1. The highest BCUT2D eigenvalue weighted by Gasteiger charge is 2.28. The van der Waals surface area contributed by atoms with E-state index in [1.807, 2.05) is 18.2 Å². The summed E-state index contributed by atoms with van der Waals surface area (Å²) in [6.45, 7) is 0.670. The van der Waals surface area contributed by atoms with Crippen LogP contribution in [0.15, 0.2) is 29.2 Å². The second-order valence-corrected chi connectivity index (χ2v) is 6.14. The van der Waals surface area contributed by atoms with Gasteiger partial charge in [0.05, 0.1) is 13.0 Å². The zero-order valence-electron chi connectivity index (χ0n) is 12.3. The Morgan fingerprint density at radius 2 is 2.10 bits per heavy atom. The minimum absolute atomic E-state index is 0.0266. The lowest BCUT2D eigenvalue weighted by atomic mass is 10.0. The number of thioether (sulfide) groups is 1. The van der Waals surface area contributed by atoms with E-state index < -0.39 is 0 Å². The molecule has 114 valence electrons. The molecule has 1 aliphatic heterocycles. The third-order valence-corrected chi connectivity index (χ3v) is 4.78. The predicted octanol–water partition coefficient (Wildman–Crippen LogP) is 2.73. The summed E-state index contributed by atoms with van der Waals surface area (Å²) in [5.74, 6) is 0.744. The summed E-state index contributed by atoms with van der Waals surface area (Å²) in [4.78, 5) is 24.4. The van der Waals surface area contributed by atoms with Gasteiger partial charge in [0.1, 0.15) is 0 Å². The van der Waals surface area contributed by atoms with Crippen LogP contribution in [-0.2, 0) is 14.3 Å². The Morgan fingerprint density at radius 1 is 1.29 bits per heavy atom. The van der Waals surface area contributed by atoms with E-state index in [9.17, 15) is 9.59 Å². The summed E-state index contributed by atoms with van der Waals surface area (Å²) in [6.07, 6.45) is 3.08. The smallest absolute Gasteiger partial charge is 0.305 e. The summed E-state index contributed by atoms with van der Waals surface area (Å²) < 4.78 is 4.58. The second kappa shape index (κ2) is 8.08. The maximum atomic E-state index is 12.2. The van der Waals surface area contributed by atoms with Crippen LogP contribution in [0.2, 0.25) is 0 Å². The molecule has 1 aliphatic rings. The number of esters is 1. The summed E-state index contributed by atoms with van der Waals surface area (Å²) in [6, 6.07) is 8.10. The molecule has 1 unspecified atom stereocenters. The largest absolute Gasteiger partial charge is 0.469 e. The van der Waals surface area contributed by atoms with Gasteiger partial charge >= 0.3 is 5.97 Å². The van der Waals surface area contributed by atoms with Crippen molar-refractivity contribution in [2.24, 2.45) is 0 Å². The van der Waals surface area contributed by atoms with Gasteiger partial charge in [0.2, 0.25) is 5.91 Å². The molecule has 0 fully saturated rings. The summed E-state index contributed by atoms with van der Waals surface area (Å²) >= 11 is 1.75. The third kappa shape index (κ3) is 4.49. The van der Waals surface area contributed by atoms with Crippen LogP contribution in [0, 0.1) is 0 Å². The van der Waals surface area contributed by atoms with E-state index >= 15 is 0 Å². The molecule has 1 atom stereocenters. The van der Waals surface area contributed by atoms with E-state index in [1.165, 1.54) is 12.0 Å². The van der Waals surface area contributed by atoms with Crippen molar-refractivity contribution < 1.29 is 14.3 Å². The van der Waals surface area contributed by atoms with Crippen LogP contribution in [0.5, 0.6) is 0 Å². The van der Waals surface area contributed by atoms with Crippen molar-refractivity contribution in [3.8, 4) is 0 Å². The zero-order chi connectivity index (χ0) is 15.1. The Labute approximate surface area is 129 Å². The number of carbonyl (C=O) groups excluding carboxylic acids is 2. The Bertz CT molecular complexity index is 504. The lowest BCUT2D eigenvalue weighted by Gasteiger charge is -2.11. The normalized spacial score (nSPS) is 16.3. The van der Waals surface area contributed by atoms with E-state index in [0.29, 0.717) is 13.0 Å². The molecule has 0 aliphatic carbocycles. The molecule has 1 N–H and O–H groups in total. The zero-order valence-corrected chi connectivity index (χ0v) is 13.1. The number of methoxy groups -OCH3 is 1. The average molecular weight is 307 g/mol. The number of carbonyl (C=O) groups is 2. The van der Waals surface area contributed by atoms with Gasteiger partial charge < -0.3 is 10.1 Å². The molecule has 1 aromatic rings. The van der Waals surface area contributed by atoms with Gasteiger partial charge in [0.15, 0.2) is 0 Å². The molecule has 1 aromatic carbocycles. The molecule has 0 radical (unpaired) electrons. The molecule has 21 heavy (non-hydrogen) atoms. The molecule has 2 rings (SSSR count). The van der Waals surface area contributed by atoms with Crippen molar-refractivity contribution in [2.75, 3.05) is 19.4 Å². The van der Waals surface area contributed by atoms with Gasteiger partial charge in [-0.05, 0) is 24.5 Å². The minimum Gasteiger partial charge on any atom is -0.469 e. The molecular weight excluding hydrogens is 286 g/mol. The van der Waals surface area contributed by atoms with E-state index in [2.05, 4.69) is 16.1 Å². The first-order valence-electron chi connectivity index (χ1n) is 7.28. The van der Waals surface area contributed by atoms with Crippen molar-refractivity contribution in [1.29, 1.82) is 0 Å². The number of ether oxygens (including phenoxy) is 1. The number of fused-ring (bicyclic) bond motifs is 1. The van der Waals surface area contributed by atoms with Crippen molar-refractivity contribution in [2.45, 2.75) is 36.5 Å². The molecule has 1 heterocycles. The van der Waals surface area contributed by atoms with Gasteiger partial charge in [-0.15, -0.1) is 11.8 Å². The average Bonchev–Trinajstić information content (AvgIpc) is 2.94. The Balaban J connectivity index is 1.66. The van der Waals surface area contributed by atoms with E-state index in [4.69, 9.17) is 0 Å². The number of hydrogen-bond acceptors (Lipinski definition) is 4. The fraction of sp³-hybridized carbons (Fsp3) is 0.500. The number of rotatable bonds is 7. The van der Waals surface area contributed by atoms with Gasteiger partial charge in [-0.25, -0.2) is 0 Å². The highest BCUT2D eigenvalue weighted by atomic mass is 32.2. The predicted molar refractivity (Wildman–Crippen MR) is 83.4 cm³/mol. The van der Waals surface area contributed by atoms with Gasteiger partial charge in [0, 0.05) is 23.6 Å². The summed E-state index contributed by atoms with van der Waals surface area (Å²) in [7, 11) is 1.40. The van der Waals surface area contributed by atoms with Crippen LogP contribution in [-0.4, -0.2) is 31.3 Å². The van der Waals surface area contributed by atoms with Gasteiger partial charge in [0.25, 0.3) is 0 Å². The first-order chi connectivity index (χ1) is 10.2. The maximum absolute atomic E-state index is 12.2. The van der Waals surface area contributed by atoms with Crippen LogP contribution in [0.3, 0.4) is 0 Å². The molecule has 1 amide bonds. The van der Waals surface area contributed by atoms with E-state index in [-0.39, 0.29) is 17.8 Å². The first-order valence-corrected chi connectivity index (χ1v) is 8.27. The standard InChI is InChI=1S/C16H21NO3S/c1-20-15(18)9-3-2-6-10-17-16(19)13-11-21-14-8-5-4-7-12(13)14/h4-5,7-8,13H,2-3,6,9-11H2,1H3,(H,17,19). The first kappa shape index (κ1) is 15.9. The Hall–Kier alpha value is -1.49. The summed E-state index contributed by atoms with van der Waals surface area (Å²) in [5, 5.41) is 3.00. The third-order valence-electron chi connectivity index (χ3n) is 3.60. The number of unbranched alkanes of at least 4 members (excludes halogenated alkanes) is 2. The topological polar surface area (TPSA) is 55.4 Å². The maximum Gasteiger partial charge on any atom is 0.305 e. The Morgan fingerprint density at radius 3 is 2.90 bits per heavy atom. The molecule has 0 aromatic heterocycles. The number of amides is 1. The molecule has 0 spiro atoms. The molecule has 0 saturated heterocycles. The van der Waals surface area contributed by atoms with E-state index in [1.54, 1.807) is 11.8 Å². The van der Waals surface area contributed by atoms with Crippen LogP contribution in [0.1, 0.15) is 37.2 Å². The van der Waals surface area contributed by atoms with Crippen molar-refractivity contribution in [1.82, 2.24) is 5.32 Å². The fourth-order valence-corrected chi connectivity index (χ4v) is 3.62. The molecule has 0 bridgehead atoms. The lowest BCUT2D eigenvalue weighted by molar-refractivity contribution is -0.140. The van der Waals surface area contributed by atoms with Crippen LogP contribution < -0.4 is 5.32 Å². The van der Waals surface area contributed by atoms with Crippen LogP contribution in [0.4, 0.5) is 0 Å². The number of benzene rings is 1. The van der Waals surface area contributed by atoms with Crippen molar-refractivity contribution >= 4 is 23.6 Å². The number of hydrogen-bond donors (Lipinski definition) is 1. The van der Waals surface area contributed by atoms with Crippen LogP contribution in [0.25, 0.3) is 0 Å². The molecule has 5 heteroatoms. The van der Waals surface area contributed by atoms with Crippen LogP contribution >= 0.6 is 11.8 Å². The SMILES string of the molecule is COC(=O)CCCCCNC(=O)C1CSc2ccccc21. The monoisotopic (exact) mass is 307 g/mol. The minimum atomic E-state index is -0.168. The highest BCUT2D eigenvalue weighted by molar-refractivity contribution is 7.99. The molecule has 0 saturated carbocycles.